The Kier molecular flexibility index (Phi) is 5.45. The molecule has 0 aliphatic carbocycles. The van der Waals surface area contributed by atoms with E-state index in [2.05, 4.69) is 11.4 Å². The van der Waals surface area contributed by atoms with Gasteiger partial charge in [0.05, 0.1) is 18.7 Å². The zero-order chi connectivity index (χ0) is 18.7. The summed E-state index contributed by atoms with van der Waals surface area (Å²) in [4.78, 5) is 26.8. The number of amides is 2. The predicted octanol–water partition coefficient (Wildman–Crippen LogP) is 4.04. The summed E-state index contributed by atoms with van der Waals surface area (Å²) in [6.45, 7) is 2.95. The molecule has 0 radical (unpaired) electrons. The molecule has 2 amide bonds. The Morgan fingerprint density at radius 2 is 2.12 bits per heavy atom. The number of thiophene rings is 1. The number of nitrogens with zero attached hydrogens (tertiary/aromatic N) is 2. The zero-order valence-electron chi connectivity index (χ0n) is 14.0. The molecule has 1 aromatic heterocycles. The maximum Gasteiger partial charge on any atom is 0.410 e. The van der Waals surface area contributed by atoms with Crippen LogP contribution in [0.2, 0.25) is 5.02 Å². The van der Waals surface area contributed by atoms with Crippen LogP contribution in [0.4, 0.5) is 9.80 Å². The Hall–Kier alpha value is -2.56. The Balaban J connectivity index is 1.82. The van der Waals surface area contributed by atoms with Gasteiger partial charge in [0.25, 0.3) is 5.91 Å². The van der Waals surface area contributed by atoms with Crippen molar-refractivity contribution in [2.75, 3.05) is 18.5 Å². The summed E-state index contributed by atoms with van der Waals surface area (Å²) in [5, 5.41) is 13.4. The number of anilines is 1. The lowest BCUT2D eigenvalue weighted by Crippen LogP contribution is -2.35. The Morgan fingerprint density at radius 1 is 1.38 bits per heavy atom. The summed E-state index contributed by atoms with van der Waals surface area (Å²) in [6, 6.07) is 8.70. The van der Waals surface area contributed by atoms with Crippen molar-refractivity contribution in [3.05, 3.63) is 50.9 Å². The van der Waals surface area contributed by atoms with Crippen LogP contribution in [0, 0.1) is 11.3 Å². The van der Waals surface area contributed by atoms with Crippen LogP contribution in [-0.4, -0.2) is 30.1 Å². The molecular weight excluding hydrogens is 374 g/mol. The normalized spacial score (nSPS) is 12.9. The van der Waals surface area contributed by atoms with Gasteiger partial charge in [0.2, 0.25) is 0 Å². The van der Waals surface area contributed by atoms with Crippen LogP contribution in [-0.2, 0) is 17.7 Å². The van der Waals surface area contributed by atoms with Crippen LogP contribution in [0.1, 0.15) is 33.3 Å². The second-order valence-corrected chi connectivity index (χ2v) is 7.19. The zero-order valence-corrected chi connectivity index (χ0v) is 15.6. The molecule has 0 spiro atoms. The number of carbonyl (C=O) groups excluding carboxylic acids is 2. The first kappa shape index (κ1) is 18.2. The Labute approximate surface area is 159 Å². The van der Waals surface area contributed by atoms with Gasteiger partial charge in [-0.15, -0.1) is 11.3 Å². The van der Waals surface area contributed by atoms with E-state index in [0.717, 1.165) is 10.4 Å². The van der Waals surface area contributed by atoms with Gasteiger partial charge in [-0.25, -0.2) is 4.79 Å². The van der Waals surface area contributed by atoms with Crippen molar-refractivity contribution in [2.45, 2.75) is 19.9 Å². The maximum absolute atomic E-state index is 12.4. The Bertz CT molecular complexity index is 886. The molecule has 1 aromatic carbocycles. The molecule has 26 heavy (non-hydrogen) atoms. The van der Waals surface area contributed by atoms with E-state index in [0.29, 0.717) is 47.3 Å². The van der Waals surface area contributed by atoms with E-state index in [4.69, 9.17) is 16.3 Å². The average molecular weight is 390 g/mol. The standard InChI is InChI=1S/C18H16ClN3O3S/c1-2-25-18(24)22-8-7-13-14(9-20)17(26-15(13)10-22)21-16(23)11-3-5-12(19)6-4-11/h3-6H,2,7-8,10H2,1H3,(H,21,23). The van der Waals surface area contributed by atoms with Gasteiger partial charge >= 0.3 is 6.09 Å². The van der Waals surface area contributed by atoms with E-state index < -0.39 is 0 Å². The van der Waals surface area contributed by atoms with Crippen molar-refractivity contribution < 1.29 is 14.3 Å². The molecule has 1 N–H and O–H groups in total. The van der Waals surface area contributed by atoms with E-state index in [1.165, 1.54) is 11.3 Å². The van der Waals surface area contributed by atoms with Gasteiger partial charge in [0, 0.05) is 22.0 Å². The van der Waals surface area contributed by atoms with E-state index in [1.54, 1.807) is 36.1 Å². The highest BCUT2D eigenvalue weighted by molar-refractivity contribution is 7.16. The highest BCUT2D eigenvalue weighted by Crippen LogP contribution is 2.37. The SMILES string of the molecule is CCOC(=O)N1CCc2c(sc(NC(=O)c3ccc(Cl)cc3)c2C#N)C1. The molecule has 134 valence electrons. The fraction of sp³-hybridized carbons (Fsp3) is 0.278. The van der Waals surface area contributed by atoms with Crippen LogP contribution in [0.3, 0.4) is 0 Å². The minimum Gasteiger partial charge on any atom is -0.450 e. The number of halogens is 1. The third-order valence-electron chi connectivity index (χ3n) is 4.03. The number of benzene rings is 1. The van der Waals surface area contributed by atoms with Crippen molar-refractivity contribution >= 4 is 39.9 Å². The highest BCUT2D eigenvalue weighted by Gasteiger charge is 2.28. The van der Waals surface area contributed by atoms with Crippen LogP contribution < -0.4 is 5.32 Å². The summed E-state index contributed by atoms with van der Waals surface area (Å²) in [5.74, 6) is -0.306. The molecular formula is C18H16ClN3O3S. The van der Waals surface area contributed by atoms with Crippen molar-refractivity contribution in [3.8, 4) is 6.07 Å². The summed E-state index contributed by atoms with van der Waals surface area (Å²) in [5.41, 5.74) is 1.82. The average Bonchev–Trinajstić information content (AvgIpc) is 2.98. The molecule has 0 unspecified atom stereocenters. The van der Waals surface area contributed by atoms with Gasteiger partial charge < -0.3 is 15.0 Å². The number of nitrogens with one attached hydrogen (secondary N) is 1. The van der Waals surface area contributed by atoms with Gasteiger partial charge in [-0.05, 0) is 43.2 Å². The number of nitriles is 1. The van der Waals surface area contributed by atoms with Gasteiger partial charge in [0.1, 0.15) is 11.1 Å². The van der Waals surface area contributed by atoms with Crippen LogP contribution in [0.25, 0.3) is 0 Å². The van der Waals surface area contributed by atoms with Crippen molar-refractivity contribution in [2.24, 2.45) is 0 Å². The lowest BCUT2D eigenvalue weighted by molar-refractivity contribution is 0.102. The van der Waals surface area contributed by atoms with E-state index in [9.17, 15) is 14.9 Å². The topological polar surface area (TPSA) is 82.4 Å². The molecule has 0 fully saturated rings. The largest absolute Gasteiger partial charge is 0.450 e. The first-order valence-corrected chi connectivity index (χ1v) is 9.26. The summed E-state index contributed by atoms with van der Waals surface area (Å²) in [6.07, 6.45) is 0.196. The molecule has 8 heteroatoms. The maximum atomic E-state index is 12.4. The van der Waals surface area contributed by atoms with E-state index in [1.807, 2.05) is 0 Å². The van der Waals surface area contributed by atoms with E-state index in [-0.39, 0.29) is 12.0 Å². The molecule has 1 aliphatic heterocycles. The van der Waals surface area contributed by atoms with Gasteiger partial charge in [-0.2, -0.15) is 5.26 Å². The van der Waals surface area contributed by atoms with Crippen molar-refractivity contribution in [1.29, 1.82) is 5.26 Å². The summed E-state index contributed by atoms with van der Waals surface area (Å²) in [7, 11) is 0. The fourth-order valence-electron chi connectivity index (χ4n) is 2.76. The first-order valence-electron chi connectivity index (χ1n) is 8.06. The van der Waals surface area contributed by atoms with Crippen molar-refractivity contribution in [3.63, 3.8) is 0 Å². The summed E-state index contributed by atoms with van der Waals surface area (Å²) < 4.78 is 5.04. The minimum atomic E-state index is -0.364. The second kappa shape index (κ2) is 7.77. The molecule has 2 heterocycles. The third-order valence-corrected chi connectivity index (χ3v) is 5.41. The Morgan fingerprint density at radius 3 is 2.77 bits per heavy atom. The highest BCUT2D eigenvalue weighted by atomic mass is 35.5. The molecule has 0 saturated carbocycles. The van der Waals surface area contributed by atoms with E-state index >= 15 is 0 Å². The number of fused-ring (bicyclic) bond motifs is 1. The van der Waals surface area contributed by atoms with Crippen LogP contribution in [0.15, 0.2) is 24.3 Å². The van der Waals surface area contributed by atoms with Gasteiger partial charge in [0.15, 0.2) is 0 Å². The van der Waals surface area contributed by atoms with Crippen molar-refractivity contribution in [1.82, 2.24) is 4.90 Å². The molecule has 3 rings (SSSR count). The lowest BCUT2D eigenvalue weighted by atomic mass is 10.0. The number of hydrogen-bond donors (Lipinski definition) is 1. The molecule has 0 saturated heterocycles. The molecule has 0 atom stereocenters. The number of ether oxygens (including phenoxy) is 1. The molecule has 0 bridgehead atoms. The van der Waals surface area contributed by atoms with Crippen LogP contribution >= 0.6 is 22.9 Å². The minimum absolute atomic E-state index is 0.306. The predicted molar refractivity (Wildman–Crippen MR) is 99.6 cm³/mol. The van der Waals surface area contributed by atoms with Gasteiger partial charge in [-0.1, -0.05) is 11.6 Å². The number of hydrogen-bond acceptors (Lipinski definition) is 5. The third kappa shape index (κ3) is 3.66. The quantitative estimate of drug-likeness (QED) is 0.858. The number of rotatable bonds is 3. The van der Waals surface area contributed by atoms with Gasteiger partial charge in [-0.3, -0.25) is 4.79 Å². The second-order valence-electron chi connectivity index (χ2n) is 5.65. The first-order chi connectivity index (χ1) is 12.5. The molecule has 1 aliphatic rings. The van der Waals surface area contributed by atoms with Crippen LogP contribution in [0.5, 0.6) is 0 Å². The number of carbonyl (C=O) groups is 2. The summed E-state index contributed by atoms with van der Waals surface area (Å²) >= 11 is 7.16. The molecule has 6 nitrogen and oxygen atoms in total. The lowest BCUT2D eigenvalue weighted by Gasteiger charge is -2.25. The monoisotopic (exact) mass is 389 g/mol. The fourth-order valence-corrected chi connectivity index (χ4v) is 4.09. The smallest absolute Gasteiger partial charge is 0.410 e. The molecule has 2 aromatic rings.